The van der Waals surface area contributed by atoms with E-state index in [0.717, 1.165) is 30.0 Å². The Labute approximate surface area is 177 Å². The van der Waals surface area contributed by atoms with E-state index in [9.17, 15) is 9.59 Å². The van der Waals surface area contributed by atoms with E-state index in [1.54, 1.807) is 4.90 Å². The number of carbonyl (C=O) groups is 2. The fourth-order valence-corrected chi connectivity index (χ4v) is 3.39. The van der Waals surface area contributed by atoms with Crippen molar-refractivity contribution < 1.29 is 19.1 Å². The molecule has 0 bridgehead atoms. The lowest BCUT2D eigenvalue weighted by molar-refractivity contribution is -0.126. The second-order valence-electron chi connectivity index (χ2n) is 7.13. The number of piperidine rings is 1. The van der Waals surface area contributed by atoms with Crippen LogP contribution in [0, 0.1) is 5.92 Å². The molecule has 0 aromatic heterocycles. The Morgan fingerprint density at radius 3 is 2.43 bits per heavy atom. The number of nitrogens with zero attached hydrogens (tertiary/aromatic N) is 1. The maximum atomic E-state index is 12.5. The van der Waals surface area contributed by atoms with Crippen molar-refractivity contribution in [1.29, 1.82) is 0 Å². The van der Waals surface area contributed by atoms with Crippen molar-refractivity contribution in [3.63, 3.8) is 0 Å². The third kappa shape index (κ3) is 6.40. The highest BCUT2D eigenvalue weighted by atomic mass is 16.5. The third-order valence-corrected chi connectivity index (χ3v) is 4.91. The van der Waals surface area contributed by atoms with Gasteiger partial charge in [-0.1, -0.05) is 18.2 Å². The molecule has 7 heteroatoms. The first-order chi connectivity index (χ1) is 14.7. The van der Waals surface area contributed by atoms with Crippen LogP contribution in [0.1, 0.15) is 19.8 Å². The van der Waals surface area contributed by atoms with Crippen LogP contribution in [0.25, 0.3) is 0 Å². The van der Waals surface area contributed by atoms with Gasteiger partial charge < -0.3 is 25.0 Å². The number of amides is 3. The van der Waals surface area contributed by atoms with Crippen molar-refractivity contribution in [2.24, 2.45) is 5.92 Å². The molecule has 1 heterocycles. The van der Waals surface area contributed by atoms with Gasteiger partial charge in [0.05, 0.1) is 19.1 Å². The van der Waals surface area contributed by atoms with Gasteiger partial charge in [-0.15, -0.1) is 0 Å². The van der Waals surface area contributed by atoms with Crippen molar-refractivity contribution in [1.82, 2.24) is 10.2 Å². The Morgan fingerprint density at radius 1 is 1.03 bits per heavy atom. The maximum Gasteiger partial charge on any atom is 0.321 e. The number of rotatable bonds is 8. The molecule has 2 aromatic rings. The minimum Gasteiger partial charge on any atom is -0.494 e. The number of hydrogen-bond donors (Lipinski definition) is 2. The molecule has 1 aliphatic heterocycles. The van der Waals surface area contributed by atoms with Crippen LogP contribution < -0.4 is 20.1 Å². The molecule has 1 saturated heterocycles. The van der Waals surface area contributed by atoms with E-state index >= 15 is 0 Å². The number of carbonyl (C=O) groups excluding carboxylic acids is 2. The lowest BCUT2D eigenvalue weighted by atomic mass is 9.97. The highest BCUT2D eigenvalue weighted by Gasteiger charge is 2.28. The zero-order valence-corrected chi connectivity index (χ0v) is 17.3. The topological polar surface area (TPSA) is 79.9 Å². The van der Waals surface area contributed by atoms with Gasteiger partial charge in [0.25, 0.3) is 0 Å². The molecule has 0 unspecified atom stereocenters. The molecule has 0 radical (unpaired) electrons. The smallest absolute Gasteiger partial charge is 0.321 e. The molecule has 1 aliphatic rings. The predicted molar refractivity (Wildman–Crippen MR) is 116 cm³/mol. The van der Waals surface area contributed by atoms with Crippen LogP contribution in [0.5, 0.6) is 11.5 Å². The predicted octanol–water partition coefficient (Wildman–Crippen LogP) is 3.52. The van der Waals surface area contributed by atoms with Gasteiger partial charge in [0, 0.05) is 18.8 Å². The number of hydrogen-bond acceptors (Lipinski definition) is 4. The fraction of sp³-hybridized carbons (Fsp3) is 0.391. The van der Waals surface area contributed by atoms with Crippen molar-refractivity contribution in [2.45, 2.75) is 19.8 Å². The first-order valence-electron chi connectivity index (χ1n) is 10.4. The van der Waals surface area contributed by atoms with Gasteiger partial charge in [0.15, 0.2) is 0 Å². The van der Waals surface area contributed by atoms with Crippen molar-refractivity contribution in [3.05, 3.63) is 54.6 Å². The van der Waals surface area contributed by atoms with Crippen LogP contribution in [-0.2, 0) is 4.79 Å². The highest BCUT2D eigenvalue weighted by molar-refractivity contribution is 5.90. The molecule has 2 aromatic carbocycles. The molecule has 160 valence electrons. The SMILES string of the molecule is CCOc1ccc(OCCNC(=O)[C@@H]2CCCN(C(=O)Nc3ccccc3)C2)cc1. The quantitative estimate of drug-likeness (QED) is 0.652. The third-order valence-electron chi connectivity index (χ3n) is 4.91. The molecule has 2 N–H and O–H groups in total. The number of ether oxygens (including phenoxy) is 2. The summed E-state index contributed by atoms with van der Waals surface area (Å²) in [6.07, 6.45) is 1.59. The van der Waals surface area contributed by atoms with E-state index < -0.39 is 0 Å². The average Bonchev–Trinajstić information content (AvgIpc) is 2.78. The summed E-state index contributed by atoms with van der Waals surface area (Å²) in [7, 11) is 0. The molecule has 3 rings (SSSR count). The summed E-state index contributed by atoms with van der Waals surface area (Å²) < 4.78 is 11.1. The molecule has 7 nitrogen and oxygen atoms in total. The summed E-state index contributed by atoms with van der Waals surface area (Å²) in [6, 6.07) is 16.6. The Hall–Kier alpha value is -3.22. The zero-order chi connectivity index (χ0) is 21.2. The summed E-state index contributed by atoms with van der Waals surface area (Å²) in [6.45, 7) is 4.43. The van der Waals surface area contributed by atoms with E-state index in [0.29, 0.717) is 32.8 Å². The monoisotopic (exact) mass is 411 g/mol. The van der Waals surface area contributed by atoms with Gasteiger partial charge >= 0.3 is 6.03 Å². The Balaban J connectivity index is 1.39. The first-order valence-corrected chi connectivity index (χ1v) is 10.4. The summed E-state index contributed by atoms with van der Waals surface area (Å²) >= 11 is 0. The number of anilines is 1. The molecule has 30 heavy (non-hydrogen) atoms. The van der Waals surface area contributed by atoms with Gasteiger partial charge in [0.2, 0.25) is 5.91 Å². The van der Waals surface area contributed by atoms with Gasteiger partial charge in [0.1, 0.15) is 18.1 Å². The molecular formula is C23H29N3O4. The summed E-state index contributed by atoms with van der Waals surface area (Å²) in [5.41, 5.74) is 0.750. The molecule has 3 amide bonds. The summed E-state index contributed by atoms with van der Waals surface area (Å²) in [4.78, 5) is 26.7. The maximum absolute atomic E-state index is 12.5. The molecule has 1 fully saturated rings. The van der Waals surface area contributed by atoms with E-state index in [1.165, 1.54) is 0 Å². The van der Waals surface area contributed by atoms with Gasteiger partial charge in [-0.25, -0.2) is 4.79 Å². The lowest BCUT2D eigenvalue weighted by Crippen LogP contribution is -2.47. The minimum absolute atomic E-state index is 0.0393. The molecule has 0 saturated carbocycles. The minimum atomic E-state index is -0.203. The standard InChI is InChI=1S/C23H29N3O4/c1-2-29-20-10-12-21(13-11-20)30-16-14-24-22(27)18-7-6-15-26(17-18)23(28)25-19-8-4-3-5-9-19/h3-5,8-13,18H,2,6-7,14-17H2,1H3,(H,24,27)(H,25,28)/t18-/m1/s1. The van der Waals surface area contributed by atoms with Crippen LogP contribution in [0.3, 0.4) is 0 Å². The number of likely N-dealkylation sites (tertiary alicyclic amines) is 1. The zero-order valence-electron chi connectivity index (χ0n) is 17.3. The Bertz CT molecular complexity index is 811. The van der Waals surface area contributed by atoms with E-state index in [4.69, 9.17) is 9.47 Å². The number of benzene rings is 2. The molecule has 1 atom stereocenters. The number of para-hydroxylation sites is 1. The van der Waals surface area contributed by atoms with Crippen molar-refractivity contribution >= 4 is 17.6 Å². The average molecular weight is 412 g/mol. The second-order valence-corrected chi connectivity index (χ2v) is 7.13. The Morgan fingerprint density at radius 2 is 1.73 bits per heavy atom. The lowest BCUT2D eigenvalue weighted by Gasteiger charge is -2.32. The van der Waals surface area contributed by atoms with Crippen LogP contribution >= 0.6 is 0 Å². The first kappa shape index (κ1) is 21.5. The second kappa shape index (κ2) is 11.1. The number of urea groups is 1. The normalized spacial score (nSPS) is 15.9. The highest BCUT2D eigenvalue weighted by Crippen LogP contribution is 2.19. The van der Waals surface area contributed by atoms with Crippen LogP contribution in [0.4, 0.5) is 10.5 Å². The number of nitrogens with one attached hydrogen (secondary N) is 2. The van der Waals surface area contributed by atoms with Gasteiger partial charge in [-0.3, -0.25) is 4.79 Å². The van der Waals surface area contributed by atoms with Gasteiger partial charge in [-0.2, -0.15) is 0 Å². The van der Waals surface area contributed by atoms with Crippen LogP contribution in [-0.4, -0.2) is 49.7 Å². The molecular weight excluding hydrogens is 382 g/mol. The van der Waals surface area contributed by atoms with Crippen LogP contribution in [0.15, 0.2) is 54.6 Å². The molecule has 0 aliphatic carbocycles. The summed E-state index contributed by atoms with van der Waals surface area (Å²) in [5.74, 6) is 1.29. The largest absolute Gasteiger partial charge is 0.494 e. The van der Waals surface area contributed by atoms with Gasteiger partial charge in [-0.05, 0) is 56.2 Å². The van der Waals surface area contributed by atoms with Crippen molar-refractivity contribution in [3.8, 4) is 11.5 Å². The van der Waals surface area contributed by atoms with E-state index in [1.807, 2.05) is 61.5 Å². The fourth-order valence-electron chi connectivity index (χ4n) is 3.39. The van der Waals surface area contributed by atoms with Crippen molar-refractivity contribution in [2.75, 3.05) is 38.2 Å². The molecule has 0 spiro atoms. The summed E-state index contributed by atoms with van der Waals surface area (Å²) in [5, 5.41) is 5.80. The van der Waals surface area contributed by atoms with E-state index in [2.05, 4.69) is 10.6 Å². The Kier molecular flexibility index (Phi) is 7.94. The van der Waals surface area contributed by atoms with E-state index in [-0.39, 0.29) is 17.9 Å². The van der Waals surface area contributed by atoms with Crippen LogP contribution in [0.2, 0.25) is 0 Å².